The zero-order valence-corrected chi connectivity index (χ0v) is 15.0. The van der Waals surface area contributed by atoms with Crippen LogP contribution in [-0.2, 0) is 11.3 Å². The Morgan fingerprint density at radius 3 is 2.71 bits per heavy atom. The number of likely N-dealkylation sites (tertiary alicyclic amines) is 1. The third-order valence-corrected chi connectivity index (χ3v) is 5.64. The van der Waals surface area contributed by atoms with E-state index in [-0.39, 0.29) is 5.91 Å². The van der Waals surface area contributed by atoms with Gasteiger partial charge >= 0.3 is 0 Å². The zero-order chi connectivity index (χ0) is 16.8. The van der Waals surface area contributed by atoms with E-state index in [1.807, 2.05) is 17.7 Å². The van der Waals surface area contributed by atoms with Crippen LogP contribution in [0.5, 0.6) is 0 Å². The van der Waals surface area contributed by atoms with E-state index in [0.717, 1.165) is 24.7 Å². The molecule has 2 heterocycles. The smallest absolute Gasteiger partial charge is 0.222 e. The van der Waals surface area contributed by atoms with Crippen LogP contribution in [0.2, 0.25) is 0 Å². The minimum Gasteiger partial charge on any atom is -0.352 e. The maximum absolute atomic E-state index is 12.3. The SMILES string of the molecule is Cc1ccnn1CCC(=O)NC1CCCN(C2CCCCCC2)C1. The summed E-state index contributed by atoms with van der Waals surface area (Å²) in [6, 6.07) is 3.05. The van der Waals surface area contributed by atoms with Gasteiger partial charge in [-0.15, -0.1) is 0 Å². The number of carbonyl (C=O) groups excluding carboxylic acids is 1. The Morgan fingerprint density at radius 2 is 2.00 bits per heavy atom. The lowest BCUT2D eigenvalue weighted by Crippen LogP contribution is -2.51. The second-order valence-corrected chi connectivity index (χ2v) is 7.49. The van der Waals surface area contributed by atoms with Crippen LogP contribution in [0.1, 0.15) is 63.5 Å². The van der Waals surface area contributed by atoms with Gasteiger partial charge in [-0.3, -0.25) is 14.4 Å². The standard InChI is InChI=1S/C19H32N4O/c1-16-10-12-20-23(16)14-11-19(24)21-17-7-6-13-22(15-17)18-8-4-2-3-5-9-18/h10,12,17-18H,2-9,11,13-15H2,1H3,(H,21,24). The molecule has 0 bridgehead atoms. The summed E-state index contributed by atoms with van der Waals surface area (Å²) in [6.07, 6.45) is 12.9. The predicted molar refractivity (Wildman–Crippen MR) is 95.8 cm³/mol. The largest absolute Gasteiger partial charge is 0.352 e. The van der Waals surface area contributed by atoms with Crippen molar-refractivity contribution < 1.29 is 4.79 Å². The molecule has 134 valence electrons. The molecule has 1 aliphatic carbocycles. The second-order valence-electron chi connectivity index (χ2n) is 7.49. The Labute approximate surface area is 145 Å². The molecule has 5 nitrogen and oxygen atoms in total. The van der Waals surface area contributed by atoms with E-state index in [0.29, 0.717) is 19.0 Å². The van der Waals surface area contributed by atoms with Crippen molar-refractivity contribution in [1.29, 1.82) is 0 Å². The Bertz CT molecular complexity index is 519. The fraction of sp³-hybridized carbons (Fsp3) is 0.789. The average Bonchev–Trinajstić information content (AvgIpc) is 2.83. The quantitative estimate of drug-likeness (QED) is 0.844. The monoisotopic (exact) mass is 332 g/mol. The van der Waals surface area contributed by atoms with E-state index >= 15 is 0 Å². The van der Waals surface area contributed by atoms with Crippen LogP contribution in [0.25, 0.3) is 0 Å². The third kappa shape index (κ3) is 4.82. The fourth-order valence-electron chi connectivity index (χ4n) is 4.22. The molecule has 1 aromatic rings. The van der Waals surface area contributed by atoms with Crippen LogP contribution >= 0.6 is 0 Å². The van der Waals surface area contributed by atoms with Crippen molar-refractivity contribution in [3.63, 3.8) is 0 Å². The van der Waals surface area contributed by atoms with E-state index < -0.39 is 0 Å². The van der Waals surface area contributed by atoms with Crippen LogP contribution in [0.15, 0.2) is 12.3 Å². The van der Waals surface area contributed by atoms with Gasteiger partial charge in [-0.05, 0) is 45.2 Å². The first-order valence-electron chi connectivity index (χ1n) is 9.74. The van der Waals surface area contributed by atoms with Crippen molar-refractivity contribution >= 4 is 5.91 Å². The number of nitrogens with zero attached hydrogens (tertiary/aromatic N) is 3. The molecule has 0 radical (unpaired) electrons. The number of amides is 1. The topological polar surface area (TPSA) is 50.2 Å². The summed E-state index contributed by atoms with van der Waals surface area (Å²) >= 11 is 0. The normalized spacial score (nSPS) is 23.8. The molecular weight excluding hydrogens is 300 g/mol. The molecule has 1 N–H and O–H groups in total. The van der Waals surface area contributed by atoms with Crippen LogP contribution in [-0.4, -0.2) is 45.8 Å². The molecule has 1 aromatic heterocycles. The molecule has 3 rings (SSSR count). The molecule has 1 atom stereocenters. The van der Waals surface area contributed by atoms with E-state index in [1.165, 1.54) is 51.5 Å². The number of nitrogens with one attached hydrogen (secondary N) is 1. The third-order valence-electron chi connectivity index (χ3n) is 5.64. The Morgan fingerprint density at radius 1 is 1.21 bits per heavy atom. The lowest BCUT2D eigenvalue weighted by molar-refractivity contribution is -0.122. The Hall–Kier alpha value is -1.36. The molecule has 0 spiro atoms. The minimum absolute atomic E-state index is 0.164. The van der Waals surface area contributed by atoms with Gasteiger partial charge in [0.25, 0.3) is 0 Å². The number of hydrogen-bond acceptors (Lipinski definition) is 3. The minimum atomic E-state index is 0.164. The van der Waals surface area contributed by atoms with Gasteiger partial charge in [-0.1, -0.05) is 25.7 Å². The van der Waals surface area contributed by atoms with E-state index in [9.17, 15) is 4.79 Å². The van der Waals surface area contributed by atoms with Gasteiger partial charge in [0, 0.05) is 43.5 Å². The highest BCUT2D eigenvalue weighted by Crippen LogP contribution is 2.24. The van der Waals surface area contributed by atoms with E-state index in [1.54, 1.807) is 6.20 Å². The molecule has 1 saturated carbocycles. The molecule has 2 aliphatic rings. The number of hydrogen-bond donors (Lipinski definition) is 1. The Balaban J connectivity index is 1.44. The van der Waals surface area contributed by atoms with E-state index in [4.69, 9.17) is 0 Å². The molecule has 1 unspecified atom stereocenters. The number of aromatic nitrogens is 2. The number of carbonyl (C=O) groups is 1. The van der Waals surface area contributed by atoms with Gasteiger partial charge in [0.05, 0.1) is 0 Å². The summed E-state index contributed by atoms with van der Waals surface area (Å²) < 4.78 is 1.90. The second kappa shape index (κ2) is 8.65. The van der Waals surface area contributed by atoms with Gasteiger partial charge in [-0.2, -0.15) is 5.10 Å². The van der Waals surface area contributed by atoms with E-state index in [2.05, 4.69) is 15.3 Å². The lowest BCUT2D eigenvalue weighted by Gasteiger charge is -2.38. The predicted octanol–water partition coefficient (Wildman–Crippen LogP) is 2.89. The number of rotatable bonds is 5. The highest BCUT2D eigenvalue weighted by molar-refractivity contribution is 5.76. The van der Waals surface area contributed by atoms with Crippen LogP contribution in [0.3, 0.4) is 0 Å². The average molecular weight is 332 g/mol. The zero-order valence-electron chi connectivity index (χ0n) is 15.0. The van der Waals surface area contributed by atoms with Crippen LogP contribution < -0.4 is 5.32 Å². The Kier molecular flexibility index (Phi) is 6.30. The van der Waals surface area contributed by atoms with Crippen molar-refractivity contribution in [2.75, 3.05) is 13.1 Å². The fourth-order valence-corrected chi connectivity index (χ4v) is 4.22. The van der Waals surface area contributed by atoms with Crippen molar-refractivity contribution in [2.45, 2.75) is 83.3 Å². The van der Waals surface area contributed by atoms with Crippen molar-refractivity contribution in [1.82, 2.24) is 20.0 Å². The van der Waals surface area contributed by atoms with Crippen molar-refractivity contribution in [3.05, 3.63) is 18.0 Å². The molecule has 1 amide bonds. The van der Waals surface area contributed by atoms with Gasteiger partial charge < -0.3 is 5.32 Å². The van der Waals surface area contributed by atoms with Crippen LogP contribution in [0, 0.1) is 6.92 Å². The molecular formula is C19H32N4O. The summed E-state index contributed by atoms with van der Waals surface area (Å²) in [4.78, 5) is 14.9. The summed E-state index contributed by atoms with van der Waals surface area (Å²) in [7, 11) is 0. The van der Waals surface area contributed by atoms with Gasteiger partial charge in [0.15, 0.2) is 0 Å². The van der Waals surface area contributed by atoms with Gasteiger partial charge in [0.2, 0.25) is 5.91 Å². The van der Waals surface area contributed by atoms with Crippen LogP contribution in [0.4, 0.5) is 0 Å². The molecule has 0 aromatic carbocycles. The molecule has 24 heavy (non-hydrogen) atoms. The summed E-state index contributed by atoms with van der Waals surface area (Å²) in [5.41, 5.74) is 1.11. The summed E-state index contributed by atoms with van der Waals surface area (Å²) in [5.74, 6) is 0.164. The summed E-state index contributed by atoms with van der Waals surface area (Å²) in [6.45, 7) is 4.95. The van der Waals surface area contributed by atoms with Crippen molar-refractivity contribution in [2.24, 2.45) is 0 Å². The maximum atomic E-state index is 12.3. The molecule has 1 aliphatic heterocycles. The van der Waals surface area contributed by atoms with Gasteiger partial charge in [0.1, 0.15) is 0 Å². The number of aryl methyl sites for hydroxylation is 2. The first-order valence-corrected chi connectivity index (χ1v) is 9.74. The summed E-state index contributed by atoms with van der Waals surface area (Å²) in [5, 5.41) is 7.51. The van der Waals surface area contributed by atoms with Gasteiger partial charge in [-0.25, -0.2) is 0 Å². The molecule has 5 heteroatoms. The highest BCUT2D eigenvalue weighted by atomic mass is 16.1. The first-order chi connectivity index (χ1) is 11.7. The molecule has 2 fully saturated rings. The lowest BCUT2D eigenvalue weighted by atomic mass is 10.00. The maximum Gasteiger partial charge on any atom is 0.222 e. The van der Waals surface area contributed by atoms with Crippen molar-refractivity contribution in [3.8, 4) is 0 Å². The molecule has 1 saturated heterocycles. The highest BCUT2D eigenvalue weighted by Gasteiger charge is 2.27. The first kappa shape index (κ1) is 17.5. The number of piperidine rings is 1.